The highest BCUT2D eigenvalue weighted by atomic mass is 16.5. The van der Waals surface area contributed by atoms with Gasteiger partial charge in [0.1, 0.15) is 5.75 Å². The Labute approximate surface area is 150 Å². The first-order valence-electron chi connectivity index (χ1n) is 9.10. The fraction of sp³-hybridized carbons (Fsp3) is 0.429. The molecule has 0 aliphatic carbocycles. The number of nitrogens with zero attached hydrogens (tertiary/aromatic N) is 2. The number of rotatable bonds is 6. The smallest absolute Gasteiger partial charge is 0.119 e. The number of aliphatic hydroxyl groups is 1. The van der Waals surface area contributed by atoms with E-state index < -0.39 is 6.10 Å². The Kier molecular flexibility index (Phi) is 5.95. The molecule has 0 aromatic heterocycles. The first-order valence-corrected chi connectivity index (χ1v) is 9.10. The molecule has 0 radical (unpaired) electrons. The van der Waals surface area contributed by atoms with E-state index in [-0.39, 0.29) is 0 Å². The van der Waals surface area contributed by atoms with Gasteiger partial charge in [0.25, 0.3) is 0 Å². The molecule has 1 unspecified atom stereocenters. The normalized spacial score (nSPS) is 16.7. The molecule has 1 heterocycles. The summed E-state index contributed by atoms with van der Waals surface area (Å²) in [6, 6.07) is 16.4. The maximum Gasteiger partial charge on any atom is 0.119 e. The quantitative estimate of drug-likeness (QED) is 0.876. The summed E-state index contributed by atoms with van der Waals surface area (Å²) in [5.74, 6) is 0.852. The van der Waals surface area contributed by atoms with E-state index in [0.717, 1.165) is 37.5 Å². The molecular weight excluding hydrogens is 312 g/mol. The second-order valence-corrected chi connectivity index (χ2v) is 6.64. The summed E-state index contributed by atoms with van der Waals surface area (Å²) in [6.45, 7) is 9.39. The summed E-state index contributed by atoms with van der Waals surface area (Å²) in [6.07, 6.45) is -0.457. The van der Waals surface area contributed by atoms with E-state index in [1.807, 2.05) is 31.2 Å². The van der Waals surface area contributed by atoms with Crippen LogP contribution in [0, 0.1) is 6.92 Å². The summed E-state index contributed by atoms with van der Waals surface area (Å²) in [5, 5.41) is 10.5. The van der Waals surface area contributed by atoms with Crippen LogP contribution in [0.2, 0.25) is 0 Å². The molecule has 0 spiro atoms. The molecule has 1 atom stereocenters. The lowest BCUT2D eigenvalue weighted by Crippen LogP contribution is -2.47. The molecule has 1 aliphatic rings. The average Bonchev–Trinajstić information content (AvgIpc) is 2.63. The molecule has 1 N–H and O–H groups in total. The van der Waals surface area contributed by atoms with Crippen LogP contribution in [-0.2, 0) is 0 Å². The predicted octanol–water partition coefficient (Wildman–Crippen LogP) is 3.25. The van der Waals surface area contributed by atoms with Crippen LogP contribution in [0.25, 0.3) is 0 Å². The topological polar surface area (TPSA) is 35.9 Å². The van der Waals surface area contributed by atoms with E-state index in [9.17, 15) is 5.11 Å². The van der Waals surface area contributed by atoms with E-state index in [4.69, 9.17) is 4.74 Å². The van der Waals surface area contributed by atoms with Gasteiger partial charge in [-0.1, -0.05) is 24.3 Å². The molecular formula is C21H28N2O2. The van der Waals surface area contributed by atoms with Crippen LogP contribution >= 0.6 is 0 Å². The summed E-state index contributed by atoms with van der Waals surface area (Å²) < 4.78 is 5.46. The van der Waals surface area contributed by atoms with Crippen molar-refractivity contribution in [3.63, 3.8) is 0 Å². The number of aryl methyl sites for hydroxylation is 1. The van der Waals surface area contributed by atoms with Crippen LogP contribution in [0.3, 0.4) is 0 Å². The monoisotopic (exact) mass is 340 g/mol. The van der Waals surface area contributed by atoms with Crippen LogP contribution in [0.1, 0.15) is 24.2 Å². The number of hydrogen-bond donors (Lipinski definition) is 1. The summed E-state index contributed by atoms with van der Waals surface area (Å²) in [4.78, 5) is 4.76. The molecule has 1 saturated heterocycles. The minimum atomic E-state index is -0.457. The molecule has 4 heteroatoms. The molecule has 2 aromatic rings. The van der Waals surface area contributed by atoms with Crippen molar-refractivity contribution in [1.82, 2.24) is 4.90 Å². The summed E-state index contributed by atoms with van der Waals surface area (Å²) in [7, 11) is 0. The van der Waals surface area contributed by atoms with E-state index in [1.54, 1.807) is 0 Å². The molecule has 0 bridgehead atoms. The van der Waals surface area contributed by atoms with Crippen molar-refractivity contribution in [3.05, 3.63) is 59.7 Å². The number of ether oxygens (including phenoxy) is 1. The van der Waals surface area contributed by atoms with Gasteiger partial charge in [0.2, 0.25) is 0 Å². The average molecular weight is 340 g/mol. The lowest BCUT2D eigenvalue weighted by molar-refractivity contribution is 0.109. The minimum Gasteiger partial charge on any atom is -0.494 e. The number of anilines is 1. The second kappa shape index (κ2) is 8.37. The molecule has 1 fully saturated rings. The van der Waals surface area contributed by atoms with Crippen LogP contribution in [-0.4, -0.2) is 49.3 Å². The lowest BCUT2D eigenvalue weighted by Gasteiger charge is -2.37. The Morgan fingerprint density at radius 2 is 1.76 bits per heavy atom. The van der Waals surface area contributed by atoms with Gasteiger partial charge in [-0.2, -0.15) is 0 Å². The van der Waals surface area contributed by atoms with E-state index >= 15 is 0 Å². The van der Waals surface area contributed by atoms with Crippen molar-refractivity contribution < 1.29 is 9.84 Å². The van der Waals surface area contributed by atoms with Gasteiger partial charge in [-0.25, -0.2) is 0 Å². The minimum absolute atomic E-state index is 0.457. The highest BCUT2D eigenvalue weighted by Gasteiger charge is 2.20. The Hall–Kier alpha value is -2.04. The molecule has 134 valence electrons. The molecule has 1 aliphatic heterocycles. The van der Waals surface area contributed by atoms with Crippen LogP contribution in [0.5, 0.6) is 5.75 Å². The fourth-order valence-electron chi connectivity index (χ4n) is 3.32. The summed E-state index contributed by atoms with van der Waals surface area (Å²) in [5.41, 5.74) is 3.54. The Bertz CT molecular complexity index is 664. The summed E-state index contributed by atoms with van der Waals surface area (Å²) >= 11 is 0. The van der Waals surface area contributed by atoms with Gasteiger partial charge in [0.05, 0.1) is 12.7 Å². The van der Waals surface area contributed by atoms with Gasteiger partial charge in [0, 0.05) is 38.4 Å². The van der Waals surface area contributed by atoms with Gasteiger partial charge in [0.15, 0.2) is 0 Å². The van der Waals surface area contributed by atoms with Crippen molar-refractivity contribution in [1.29, 1.82) is 0 Å². The van der Waals surface area contributed by atoms with Crippen molar-refractivity contribution in [2.75, 3.05) is 44.2 Å². The molecule has 4 nitrogen and oxygen atoms in total. The lowest BCUT2D eigenvalue weighted by atomic mass is 10.1. The van der Waals surface area contributed by atoms with Gasteiger partial charge in [-0.15, -0.1) is 0 Å². The first-order chi connectivity index (χ1) is 12.2. The fourth-order valence-corrected chi connectivity index (χ4v) is 3.32. The molecule has 0 amide bonds. The van der Waals surface area contributed by atoms with Crippen LogP contribution in [0.4, 0.5) is 5.69 Å². The zero-order valence-electron chi connectivity index (χ0n) is 15.2. The number of benzene rings is 2. The number of piperazine rings is 1. The van der Waals surface area contributed by atoms with Gasteiger partial charge in [-0.3, -0.25) is 4.90 Å². The van der Waals surface area contributed by atoms with E-state index in [2.05, 4.69) is 41.0 Å². The predicted molar refractivity (Wildman–Crippen MR) is 102 cm³/mol. The molecule has 25 heavy (non-hydrogen) atoms. The van der Waals surface area contributed by atoms with Crippen molar-refractivity contribution in [2.45, 2.75) is 20.0 Å². The SMILES string of the molecule is CCOc1ccc(C(O)CN2CCN(c3cccc(C)c3)CC2)cc1. The second-order valence-electron chi connectivity index (χ2n) is 6.64. The van der Waals surface area contributed by atoms with E-state index in [1.165, 1.54) is 11.3 Å². The largest absolute Gasteiger partial charge is 0.494 e. The third kappa shape index (κ3) is 4.74. The third-order valence-corrected chi connectivity index (χ3v) is 4.75. The molecule has 0 saturated carbocycles. The zero-order chi connectivity index (χ0) is 17.6. The Morgan fingerprint density at radius 1 is 1.04 bits per heavy atom. The maximum atomic E-state index is 10.5. The van der Waals surface area contributed by atoms with Gasteiger partial charge < -0.3 is 14.7 Å². The molecule has 2 aromatic carbocycles. The first kappa shape index (κ1) is 17.8. The maximum absolute atomic E-state index is 10.5. The number of hydrogen-bond acceptors (Lipinski definition) is 4. The highest BCUT2D eigenvalue weighted by Crippen LogP contribution is 2.21. The number of aliphatic hydroxyl groups excluding tert-OH is 1. The molecule has 3 rings (SSSR count). The van der Waals surface area contributed by atoms with Crippen molar-refractivity contribution >= 4 is 5.69 Å². The van der Waals surface area contributed by atoms with Crippen molar-refractivity contribution in [3.8, 4) is 5.75 Å². The third-order valence-electron chi connectivity index (χ3n) is 4.75. The highest BCUT2D eigenvalue weighted by molar-refractivity contribution is 5.48. The van der Waals surface area contributed by atoms with E-state index in [0.29, 0.717) is 13.2 Å². The standard InChI is InChI=1S/C21H28N2O2/c1-3-25-20-9-7-18(8-10-20)21(24)16-22-11-13-23(14-12-22)19-6-4-5-17(2)15-19/h4-10,15,21,24H,3,11-14,16H2,1-2H3. The van der Waals surface area contributed by atoms with Gasteiger partial charge in [-0.05, 0) is 49.2 Å². The number of β-amino-alcohol motifs (C(OH)–C–C–N with tert-alkyl or cyclic N) is 1. The Balaban J connectivity index is 1.51. The zero-order valence-corrected chi connectivity index (χ0v) is 15.2. The van der Waals surface area contributed by atoms with Gasteiger partial charge >= 0.3 is 0 Å². The van der Waals surface area contributed by atoms with Crippen LogP contribution < -0.4 is 9.64 Å². The Morgan fingerprint density at radius 3 is 2.40 bits per heavy atom. The van der Waals surface area contributed by atoms with Crippen LogP contribution in [0.15, 0.2) is 48.5 Å². The van der Waals surface area contributed by atoms with Crippen molar-refractivity contribution in [2.24, 2.45) is 0 Å².